The van der Waals surface area contributed by atoms with E-state index in [1.54, 1.807) is 60.7 Å². The molecular weight excluding hydrogens is 2120 g/mol. The first kappa shape index (κ1) is 115. The average molecular weight is 2200 g/mol. The third kappa shape index (κ3) is 37.0. The number of sulfone groups is 1. The summed E-state index contributed by atoms with van der Waals surface area (Å²) in [6.07, 6.45) is 4.96. The highest BCUT2D eigenvalue weighted by Gasteiger charge is 2.25. The molecule has 0 aliphatic rings. The van der Waals surface area contributed by atoms with Crippen molar-refractivity contribution >= 4 is 248 Å². The molecule has 688 valence electrons. The van der Waals surface area contributed by atoms with Crippen molar-refractivity contribution < 1.29 is 101 Å². The Morgan fingerprint density at radius 3 is 1.02 bits per heavy atom. The predicted molar refractivity (Wildman–Crippen MR) is 518 cm³/mol. The molecule has 0 saturated carbocycles. The van der Waals surface area contributed by atoms with Crippen LogP contribution in [0.2, 0.25) is 75.3 Å². The van der Waals surface area contributed by atoms with Crippen LogP contribution in [0, 0.1) is 27.8 Å². The average Bonchev–Trinajstić information content (AvgIpc) is 0.823. The second-order valence-electron chi connectivity index (χ2n) is 25.8. The zero-order chi connectivity index (χ0) is 96.3. The van der Waals surface area contributed by atoms with Crippen LogP contribution in [0.1, 0.15) is 151 Å². The molecule has 0 radical (unpaired) electrons. The van der Waals surface area contributed by atoms with Crippen LogP contribution in [0.25, 0.3) is 0 Å². The third-order valence-electron chi connectivity index (χ3n) is 17.0. The highest BCUT2D eigenvalue weighted by Crippen LogP contribution is 2.37. The number of carbonyl (C=O) groups excluding carboxylic acids is 6. The number of halogens is 16. The molecule has 0 aromatic heterocycles. The van der Waals surface area contributed by atoms with Crippen LogP contribution >= 0.6 is 197 Å². The van der Waals surface area contributed by atoms with Gasteiger partial charge in [0.2, 0.25) is 0 Å². The number of hydrogen-bond acceptors (Lipinski definition) is 21. The van der Waals surface area contributed by atoms with Crippen molar-refractivity contribution in [3.8, 4) is 29.9 Å². The standard InChI is InChI=1S/C17H15Cl3O3.C17H11Cl3O3.C16H13Cl3O3.C11H8Cl2O3.C11H15NO4S.C9H8Cl2O3.C8H5Cl2IO2.CH4/c2*1-23-17(22)16-13(19)8-11(9-14(16)20)15(21)7-4-10-2-5-12(18)6-3-10;17-11-4-1-9(2-5-11)3-6-14(20)10-7-12(18)15(16(21)22)13(19)8-10;1-3-9(14)6-4-7(12)10(8(13)5-6)11(15)16-2;1-16-11(13)10(12)7-8-4-3-5-9(6-8)17(2,14)15;1-13-5-3-6(10)8(7(11)4-5)9(12)14-2;1-13-8(12)7-5(9)2-4(11)3-6(7)10;/h2-3,5-6,8-9,15,21H,4,7H2,1H3;2-3,5-6,8-9,15,21H,1H3;1-2,4-5,7-8,14,20H,3,6H2,(H,21,22);1,4-5,9,14H,2H3;3-6,10H,7,12H2,1-2H3;3-4H,1-2H3;2-3H,1H3;1H4/t;;;;10-;;;/m....0.../s1. The zero-order valence-corrected chi connectivity index (χ0v) is 82.3. The van der Waals surface area contributed by atoms with Crippen molar-refractivity contribution in [1.82, 2.24) is 0 Å². The topological polar surface area (TPSA) is 345 Å². The number of carboxylic acids is 1. The normalized spacial score (nSPS) is 11.5. The van der Waals surface area contributed by atoms with Gasteiger partial charge in [0.1, 0.15) is 24.0 Å². The number of aromatic carboxylic acids is 1. The van der Waals surface area contributed by atoms with Gasteiger partial charge in [0.15, 0.2) is 9.84 Å². The van der Waals surface area contributed by atoms with Crippen molar-refractivity contribution in [2.45, 2.75) is 74.9 Å². The molecule has 0 aliphatic carbocycles. The molecular formula is C90H79Cl15INO21S. The summed E-state index contributed by atoms with van der Waals surface area (Å²) in [6.45, 7) is 0. The number of carboxylic acid groups (broad SMARTS) is 1. The highest BCUT2D eigenvalue weighted by atomic mass is 127. The number of terminal acetylenes is 1. The summed E-state index contributed by atoms with van der Waals surface area (Å²) in [5.41, 5.74) is 11.3. The Balaban J connectivity index is 0.000000391. The molecule has 0 heterocycles. The Kier molecular flexibility index (Phi) is 51.0. The van der Waals surface area contributed by atoms with Crippen LogP contribution in [-0.4, -0.2) is 138 Å². The van der Waals surface area contributed by atoms with Gasteiger partial charge in [-0.3, -0.25) is 4.79 Å². The molecule has 0 saturated heterocycles. The Hall–Kier alpha value is -7.76. The van der Waals surface area contributed by atoms with Gasteiger partial charge in [-0.2, -0.15) is 0 Å². The van der Waals surface area contributed by atoms with Crippen LogP contribution < -0.4 is 10.5 Å². The monoisotopic (exact) mass is 2190 g/mol. The Bertz CT molecular complexity index is 5680. The first-order valence-electron chi connectivity index (χ1n) is 36.1. The highest BCUT2D eigenvalue weighted by molar-refractivity contribution is 14.1. The molecule has 10 aromatic rings. The molecule has 39 heteroatoms. The number of hydrogen-bond donors (Lipinski definition) is 6. The lowest BCUT2D eigenvalue weighted by atomic mass is 10.00. The molecule has 22 nitrogen and oxygen atoms in total. The van der Waals surface area contributed by atoms with E-state index in [1.165, 1.54) is 123 Å². The van der Waals surface area contributed by atoms with Crippen molar-refractivity contribution in [2.24, 2.45) is 5.73 Å². The van der Waals surface area contributed by atoms with E-state index in [0.29, 0.717) is 89.9 Å². The summed E-state index contributed by atoms with van der Waals surface area (Å²) < 4.78 is 55.8. The Labute approximate surface area is 834 Å². The lowest BCUT2D eigenvalue weighted by Crippen LogP contribution is -2.33. The molecule has 0 aliphatic heterocycles. The molecule has 4 unspecified atom stereocenters. The van der Waals surface area contributed by atoms with Gasteiger partial charge in [0.25, 0.3) is 0 Å². The number of aliphatic hydroxyl groups is 4. The quantitative estimate of drug-likeness (QED) is 0.0168. The van der Waals surface area contributed by atoms with Gasteiger partial charge in [0, 0.05) is 30.5 Å². The zero-order valence-electron chi connectivity index (χ0n) is 68.0. The van der Waals surface area contributed by atoms with E-state index in [-0.39, 0.29) is 102 Å². The number of aliphatic hydroxyl groups excluding tert-OH is 4. The van der Waals surface area contributed by atoms with Crippen LogP contribution in [0.5, 0.6) is 5.75 Å². The number of esters is 6. The number of carbonyl (C=O) groups is 7. The maximum absolute atomic E-state index is 11.6. The van der Waals surface area contributed by atoms with E-state index >= 15 is 0 Å². The van der Waals surface area contributed by atoms with E-state index in [0.717, 1.165) is 21.0 Å². The van der Waals surface area contributed by atoms with E-state index in [9.17, 15) is 62.4 Å². The van der Waals surface area contributed by atoms with Crippen molar-refractivity contribution in [3.05, 3.63) is 327 Å². The fourth-order valence-corrected chi connectivity index (χ4v) is 16.4. The summed E-state index contributed by atoms with van der Waals surface area (Å²) in [6, 6.07) is 45.1. The summed E-state index contributed by atoms with van der Waals surface area (Å²) in [5, 5.41) is 52.7. The van der Waals surface area contributed by atoms with Gasteiger partial charge in [-0.25, -0.2) is 37.2 Å². The number of aryl methyl sites for hydroxylation is 2. The van der Waals surface area contributed by atoms with E-state index in [4.69, 9.17) is 196 Å². The molecule has 5 atom stereocenters. The molecule has 0 spiro atoms. The van der Waals surface area contributed by atoms with E-state index in [1.807, 2.05) is 36.4 Å². The number of rotatable bonds is 21. The largest absolute Gasteiger partial charge is 0.497 e. The lowest BCUT2D eigenvalue weighted by molar-refractivity contribution is -0.142. The van der Waals surface area contributed by atoms with Crippen LogP contribution in [-0.2, 0) is 62.3 Å². The smallest absolute Gasteiger partial charge is 0.340 e. The van der Waals surface area contributed by atoms with Gasteiger partial charge < -0.3 is 64.4 Å². The van der Waals surface area contributed by atoms with Gasteiger partial charge in [-0.15, -0.1) is 6.42 Å². The minimum atomic E-state index is -3.24. The van der Waals surface area contributed by atoms with Gasteiger partial charge in [-0.1, -0.05) is 236 Å². The fraction of sp³-hybridized carbons (Fsp3) is 0.211. The van der Waals surface area contributed by atoms with Gasteiger partial charge >= 0.3 is 41.8 Å². The summed E-state index contributed by atoms with van der Waals surface area (Å²) >= 11 is 90.5. The first-order valence-corrected chi connectivity index (χ1v) is 44.7. The van der Waals surface area contributed by atoms with E-state index < -0.39 is 82.1 Å². The SMILES string of the molecule is C.C#CC(O)c1cc(Cl)c(C(=O)OC)c(Cl)c1.COC(=O)[C@@H](N)Cc1cccc(S(C)(=O)=O)c1.COC(=O)c1c(Cl)cc(C(O)C#Cc2ccc(Cl)cc2)cc1Cl.COC(=O)c1c(Cl)cc(C(O)CCc2ccc(Cl)cc2)cc1Cl.COC(=O)c1c(Cl)cc(I)cc1Cl.COC(=O)c1c(Cl)cc(OC)cc1Cl.O=C(O)c1c(Cl)cc(C(O)CCc2ccc(Cl)cc2)cc1Cl. The predicted octanol–water partition coefficient (Wildman–Crippen LogP) is 24.0. The third-order valence-corrected chi connectivity index (χ3v) is 23.0. The molecule has 129 heavy (non-hydrogen) atoms. The maximum atomic E-state index is 11.6. The van der Waals surface area contributed by atoms with Crippen molar-refractivity contribution in [2.75, 3.05) is 56.0 Å². The van der Waals surface area contributed by atoms with Crippen LogP contribution in [0.4, 0.5) is 0 Å². The number of nitrogens with two attached hydrogens (primary N) is 1. The maximum Gasteiger partial charge on any atom is 0.340 e. The number of ether oxygens (including phenoxy) is 7. The fourth-order valence-electron chi connectivity index (χ4n) is 10.5. The van der Waals surface area contributed by atoms with Crippen molar-refractivity contribution in [1.29, 1.82) is 0 Å². The minimum absolute atomic E-state index is 0. The summed E-state index contributed by atoms with van der Waals surface area (Å²) in [4.78, 5) is 79.3. The second kappa shape index (κ2) is 57.0. The minimum Gasteiger partial charge on any atom is -0.497 e. The molecule has 7 N–H and O–H groups in total. The molecule has 0 bridgehead atoms. The Morgan fingerprint density at radius 2 is 0.713 bits per heavy atom. The molecule has 10 aromatic carbocycles. The van der Waals surface area contributed by atoms with Crippen LogP contribution in [0.3, 0.4) is 0 Å². The second-order valence-corrected chi connectivity index (χ2v) is 35.2. The first-order chi connectivity index (χ1) is 60.2. The molecule has 0 fully saturated rings. The number of benzene rings is 10. The summed E-state index contributed by atoms with van der Waals surface area (Å²) in [5.74, 6) is 3.41. The van der Waals surface area contributed by atoms with Gasteiger partial charge in [0.05, 0.1) is 161 Å². The van der Waals surface area contributed by atoms with E-state index in [2.05, 4.69) is 68.8 Å². The summed E-state index contributed by atoms with van der Waals surface area (Å²) in [7, 11) is 5.76. The molecule has 10 rings (SSSR count). The van der Waals surface area contributed by atoms with Crippen molar-refractivity contribution in [3.63, 3.8) is 0 Å². The number of methoxy groups -OCH3 is 7. The Morgan fingerprint density at radius 1 is 0.411 bits per heavy atom. The van der Waals surface area contributed by atoms with Gasteiger partial charge in [-0.05, 0) is 227 Å². The molecule has 0 amide bonds. The lowest BCUT2D eigenvalue weighted by Gasteiger charge is -2.14. The van der Waals surface area contributed by atoms with Crippen LogP contribution in [0.15, 0.2) is 175 Å².